The fourth-order valence-corrected chi connectivity index (χ4v) is 4.68. The number of hydrogen-bond donors (Lipinski definition) is 2. The monoisotopic (exact) mass is 636 g/mol. The first kappa shape index (κ1) is 30.7. The molecule has 0 aliphatic heterocycles. The molecule has 222 valence electrons. The summed E-state index contributed by atoms with van der Waals surface area (Å²) in [6, 6.07) is 13.5. The zero-order valence-corrected chi connectivity index (χ0v) is 24.6. The second-order valence-electron chi connectivity index (χ2n) is 8.34. The highest BCUT2D eigenvalue weighted by atomic mass is 35.5. The van der Waals surface area contributed by atoms with Crippen molar-refractivity contribution in [2.24, 2.45) is 0 Å². The average molecular weight is 637 g/mol. The molecule has 0 radical (unpaired) electrons. The number of nitrogens with one attached hydrogen (secondary N) is 2. The molecule has 2 N–H and O–H groups in total. The molecule has 0 amide bonds. The summed E-state index contributed by atoms with van der Waals surface area (Å²) in [5.41, 5.74) is 0.740. The van der Waals surface area contributed by atoms with Crippen LogP contribution in [0.4, 0.5) is 5.82 Å². The van der Waals surface area contributed by atoms with Crippen LogP contribution in [-0.4, -0.2) is 63.4 Å². The van der Waals surface area contributed by atoms with Crippen LogP contribution in [-0.2, 0) is 26.6 Å². The highest BCUT2D eigenvalue weighted by Crippen LogP contribution is 2.40. The smallest absolute Gasteiger partial charge is 0.316 e. The molecule has 14 nitrogen and oxygen atoms in total. The summed E-state index contributed by atoms with van der Waals surface area (Å²) < 4.78 is 75.9. The molecule has 42 heavy (non-hydrogen) atoms. The molecule has 0 spiro atoms. The van der Waals surface area contributed by atoms with Crippen LogP contribution in [0.1, 0.15) is 5.56 Å². The molecule has 0 fully saturated rings. The molecule has 0 aliphatic carbocycles. The fourth-order valence-electron chi connectivity index (χ4n) is 3.20. The van der Waals surface area contributed by atoms with Crippen molar-refractivity contribution < 1.29 is 35.8 Å². The number of ether oxygens (including phenoxy) is 4. The first-order chi connectivity index (χ1) is 20.0. The maximum atomic E-state index is 12.9. The van der Waals surface area contributed by atoms with Crippen LogP contribution in [0.3, 0.4) is 0 Å². The van der Waals surface area contributed by atoms with Crippen molar-refractivity contribution in [2.45, 2.75) is 11.4 Å². The number of methoxy groups -OCH3 is 1. The lowest BCUT2D eigenvalue weighted by Gasteiger charge is -2.17. The van der Waals surface area contributed by atoms with Crippen molar-refractivity contribution in [1.29, 1.82) is 0 Å². The average Bonchev–Trinajstić information content (AvgIpc) is 2.97. The summed E-state index contributed by atoms with van der Waals surface area (Å²) in [6.07, 6.45) is 4.36. The SMILES string of the molecule is COc1ccc(Cl)c(Oc2c(NS(=O)(=O)NCc3ccccc3)ncnc2OCCOc2ncc(S(C)(=O)=O)cn2)c1. The van der Waals surface area contributed by atoms with Gasteiger partial charge in [-0.25, -0.2) is 23.4 Å². The molecule has 2 aromatic carbocycles. The Labute approximate surface area is 247 Å². The summed E-state index contributed by atoms with van der Waals surface area (Å²) in [5, 5.41) is 0.194. The first-order valence-electron chi connectivity index (χ1n) is 12.0. The molecule has 0 bridgehead atoms. The van der Waals surface area contributed by atoms with Gasteiger partial charge in [-0.1, -0.05) is 41.9 Å². The van der Waals surface area contributed by atoms with Gasteiger partial charge in [-0.3, -0.25) is 4.72 Å². The number of halogens is 1. The van der Waals surface area contributed by atoms with Crippen LogP contribution in [0.25, 0.3) is 0 Å². The number of benzene rings is 2. The van der Waals surface area contributed by atoms with Crippen molar-refractivity contribution in [3.8, 4) is 29.1 Å². The van der Waals surface area contributed by atoms with Gasteiger partial charge in [-0.15, -0.1) is 0 Å². The Balaban J connectivity index is 1.52. The molecule has 2 heterocycles. The highest BCUT2D eigenvalue weighted by Gasteiger charge is 2.22. The lowest BCUT2D eigenvalue weighted by molar-refractivity contribution is 0.197. The molecule has 0 atom stereocenters. The van der Waals surface area contributed by atoms with Crippen LogP contribution in [0.15, 0.2) is 72.1 Å². The predicted molar refractivity (Wildman–Crippen MR) is 152 cm³/mol. The summed E-state index contributed by atoms with van der Waals surface area (Å²) >= 11 is 6.31. The van der Waals surface area contributed by atoms with Crippen molar-refractivity contribution in [3.63, 3.8) is 0 Å². The Kier molecular flexibility index (Phi) is 9.95. The van der Waals surface area contributed by atoms with Crippen LogP contribution in [0.5, 0.6) is 29.1 Å². The van der Waals surface area contributed by atoms with Gasteiger partial charge in [0.25, 0.3) is 5.88 Å². The third kappa shape index (κ3) is 8.62. The first-order valence-corrected chi connectivity index (χ1v) is 15.7. The minimum atomic E-state index is -4.13. The van der Waals surface area contributed by atoms with Gasteiger partial charge in [0.1, 0.15) is 35.9 Å². The van der Waals surface area contributed by atoms with Gasteiger partial charge in [0.05, 0.1) is 24.5 Å². The molecule has 0 saturated heterocycles. The summed E-state index contributed by atoms with van der Waals surface area (Å²) in [5.74, 6) is -0.0206. The van der Waals surface area contributed by atoms with E-state index >= 15 is 0 Å². The van der Waals surface area contributed by atoms with Gasteiger partial charge in [0.15, 0.2) is 15.7 Å². The molecular formula is C25H25ClN6O8S2. The molecule has 2 aromatic heterocycles. The Bertz CT molecular complexity index is 1730. The van der Waals surface area contributed by atoms with Crippen molar-refractivity contribution in [3.05, 3.63) is 77.8 Å². The van der Waals surface area contributed by atoms with E-state index in [1.165, 1.54) is 19.2 Å². The maximum Gasteiger partial charge on any atom is 0.316 e. The van der Waals surface area contributed by atoms with E-state index < -0.39 is 20.0 Å². The van der Waals surface area contributed by atoms with Crippen molar-refractivity contribution >= 4 is 37.5 Å². The molecule has 17 heteroatoms. The molecule has 0 unspecified atom stereocenters. The minimum absolute atomic E-state index is 0.0209. The molecule has 0 aliphatic rings. The highest BCUT2D eigenvalue weighted by molar-refractivity contribution is 7.91. The number of nitrogens with zero attached hydrogens (tertiary/aromatic N) is 4. The lowest BCUT2D eigenvalue weighted by Crippen LogP contribution is -2.30. The Morgan fingerprint density at radius 3 is 2.31 bits per heavy atom. The van der Waals surface area contributed by atoms with Gasteiger partial charge in [0.2, 0.25) is 5.75 Å². The second-order valence-corrected chi connectivity index (χ2v) is 12.3. The van der Waals surface area contributed by atoms with Crippen LogP contribution >= 0.6 is 11.6 Å². The Hall–Kier alpha value is -4.25. The van der Waals surface area contributed by atoms with E-state index in [-0.39, 0.29) is 58.9 Å². The number of hydrogen-bond acceptors (Lipinski definition) is 12. The largest absolute Gasteiger partial charge is 0.497 e. The van der Waals surface area contributed by atoms with E-state index in [1.807, 2.05) is 6.07 Å². The lowest BCUT2D eigenvalue weighted by atomic mass is 10.2. The van der Waals surface area contributed by atoms with Crippen molar-refractivity contribution in [2.75, 3.05) is 31.3 Å². The van der Waals surface area contributed by atoms with E-state index in [4.69, 9.17) is 30.5 Å². The standard InChI is InChI=1S/C25H25ClN6O8S2/c1-37-18-8-9-20(26)21(12-18)40-22-23(32-42(35,36)31-13-17-6-4-3-5-7-17)29-16-30-24(22)38-10-11-39-25-27-14-19(15-28-25)41(2,33)34/h3-9,12,14-16,31H,10-11,13H2,1-2H3,(H,29,30,32). The summed E-state index contributed by atoms with van der Waals surface area (Å²) in [6.45, 7) is -0.177. The van der Waals surface area contributed by atoms with Crippen LogP contribution in [0.2, 0.25) is 5.02 Å². The predicted octanol–water partition coefficient (Wildman–Crippen LogP) is 3.03. The Morgan fingerprint density at radius 1 is 0.905 bits per heavy atom. The van der Waals surface area contributed by atoms with Gasteiger partial charge in [-0.05, 0) is 17.7 Å². The van der Waals surface area contributed by atoms with E-state index in [1.54, 1.807) is 30.3 Å². The number of aromatic nitrogens is 4. The minimum Gasteiger partial charge on any atom is -0.497 e. The van der Waals surface area contributed by atoms with Gasteiger partial charge in [0, 0.05) is 18.9 Å². The topological polar surface area (TPSA) is 181 Å². The van der Waals surface area contributed by atoms with Gasteiger partial charge in [-0.2, -0.15) is 18.1 Å². The summed E-state index contributed by atoms with van der Waals surface area (Å²) in [4.78, 5) is 15.8. The quantitative estimate of drug-likeness (QED) is 0.193. The third-order valence-electron chi connectivity index (χ3n) is 5.25. The molecule has 4 rings (SSSR count). The van der Waals surface area contributed by atoms with E-state index in [0.717, 1.165) is 30.5 Å². The molecular weight excluding hydrogens is 612 g/mol. The normalized spacial score (nSPS) is 11.5. The second kappa shape index (κ2) is 13.6. The van der Waals surface area contributed by atoms with Crippen molar-refractivity contribution in [1.82, 2.24) is 24.7 Å². The zero-order valence-electron chi connectivity index (χ0n) is 22.2. The van der Waals surface area contributed by atoms with E-state index in [9.17, 15) is 16.8 Å². The van der Waals surface area contributed by atoms with E-state index in [0.29, 0.717) is 5.75 Å². The summed E-state index contributed by atoms with van der Waals surface area (Å²) in [7, 11) is -6.13. The van der Waals surface area contributed by atoms with Gasteiger partial charge < -0.3 is 18.9 Å². The van der Waals surface area contributed by atoms with Crippen LogP contribution < -0.4 is 28.4 Å². The molecule has 4 aromatic rings. The molecule has 0 saturated carbocycles. The maximum absolute atomic E-state index is 12.9. The number of rotatable bonds is 14. The zero-order chi connectivity index (χ0) is 30.2. The van der Waals surface area contributed by atoms with Gasteiger partial charge >= 0.3 is 16.2 Å². The Morgan fingerprint density at radius 2 is 1.62 bits per heavy atom. The third-order valence-corrected chi connectivity index (χ3v) is 7.61. The van der Waals surface area contributed by atoms with E-state index in [2.05, 4.69) is 29.4 Å². The number of anilines is 1. The fraction of sp³-hybridized carbons (Fsp3) is 0.200. The van der Waals surface area contributed by atoms with Crippen LogP contribution in [0, 0.1) is 0 Å². The number of sulfone groups is 1.